The van der Waals surface area contributed by atoms with Gasteiger partial charge in [0.15, 0.2) is 11.5 Å². The largest absolute Gasteiger partial charge is 0.497 e. The minimum Gasteiger partial charge on any atom is -0.497 e. The second-order valence-electron chi connectivity index (χ2n) is 7.86. The molecule has 36 heavy (non-hydrogen) atoms. The lowest BCUT2D eigenvalue weighted by Gasteiger charge is -2.33. The van der Waals surface area contributed by atoms with Crippen LogP contribution in [0.15, 0.2) is 41.2 Å². The Hall–Kier alpha value is -3.99. The lowest BCUT2D eigenvalue weighted by Crippen LogP contribution is -2.36. The molecule has 0 bridgehead atoms. The Morgan fingerprint density at radius 3 is 2.25 bits per heavy atom. The molecule has 4 rings (SSSR count). The molecule has 0 aliphatic carbocycles. The Kier molecular flexibility index (Phi) is 7.20. The van der Waals surface area contributed by atoms with E-state index in [4.69, 9.17) is 23.7 Å². The Morgan fingerprint density at radius 2 is 1.67 bits per heavy atom. The summed E-state index contributed by atoms with van der Waals surface area (Å²) in [6, 6.07) is 10.5. The predicted molar refractivity (Wildman–Crippen MR) is 133 cm³/mol. The molecule has 1 aliphatic heterocycles. The fourth-order valence-electron chi connectivity index (χ4n) is 4.27. The molecule has 0 spiro atoms. The van der Waals surface area contributed by atoms with Gasteiger partial charge in [-0.25, -0.2) is 0 Å². The molecule has 0 saturated heterocycles. The number of thiazole rings is 1. The van der Waals surface area contributed by atoms with Gasteiger partial charge in [-0.05, 0) is 29.8 Å². The summed E-state index contributed by atoms with van der Waals surface area (Å²) in [4.78, 5) is 40.7. The van der Waals surface area contributed by atoms with E-state index in [2.05, 4.69) is 0 Å². The van der Waals surface area contributed by atoms with Crippen molar-refractivity contribution in [3.05, 3.63) is 56.5 Å². The number of benzene rings is 2. The fourth-order valence-corrected chi connectivity index (χ4v) is 5.37. The number of ether oxygens (including phenoxy) is 5. The molecule has 11 heteroatoms. The number of amides is 1. The van der Waals surface area contributed by atoms with Gasteiger partial charge < -0.3 is 23.7 Å². The van der Waals surface area contributed by atoms with Crippen LogP contribution in [0.25, 0.3) is 0 Å². The van der Waals surface area contributed by atoms with Crippen LogP contribution in [0.3, 0.4) is 0 Å². The lowest BCUT2D eigenvalue weighted by molar-refractivity contribution is -0.141. The minimum absolute atomic E-state index is 0.0705. The molecule has 1 atom stereocenters. The average Bonchev–Trinajstić information content (AvgIpc) is 3.22. The quantitative estimate of drug-likeness (QED) is 0.422. The van der Waals surface area contributed by atoms with E-state index in [0.29, 0.717) is 44.9 Å². The van der Waals surface area contributed by atoms with Gasteiger partial charge in [0.1, 0.15) is 18.1 Å². The Balaban J connectivity index is 1.95. The smallest absolute Gasteiger partial charge is 0.325 e. The maximum absolute atomic E-state index is 13.7. The van der Waals surface area contributed by atoms with Crippen LogP contribution in [0.1, 0.15) is 22.8 Å². The van der Waals surface area contributed by atoms with E-state index in [0.717, 1.165) is 11.3 Å². The van der Waals surface area contributed by atoms with E-state index in [1.165, 1.54) is 45.0 Å². The standard InChI is InChI=1S/C25H26N2O8S/c1-31-16-8-6-7-15(11-16)27-20(28)12-17(14-9-18(32-2)22(35-5)19(10-14)33-3)23-24(27)26(25(30)36-23)13-21(29)34-4/h6-11,17H,12-13H2,1-5H3/t17-/m1/s1. The first-order valence-electron chi connectivity index (χ1n) is 10.9. The van der Waals surface area contributed by atoms with Gasteiger partial charge in [-0.15, -0.1) is 0 Å². The van der Waals surface area contributed by atoms with E-state index in [-0.39, 0.29) is 23.7 Å². The molecule has 1 amide bonds. The number of anilines is 2. The third-order valence-corrected chi connectivity index (χ3v) is 7.05. The Morgan fingerprint density at radius 1 is 0.972 bits per heavy atom. The SMILES string of the molecule is COC(=O)Cn1c2c(sc1=O)[C@@H](c1cc(OC)c(OC)c(OC)c1)CC(=O)N2c1cccc(OC)c1. The molecule has 0 unspecified atom stereocenters. The highest BCUT2D eigenvalue weighted by Crippen LogP contribution is 2.48. The fraction of sp³-hybridized carbons (Fsp3) is 0.320. The molecule has 10 nitrogen and oxygen atoms in total. The summed E-state index contributed by atoms with van der Waals surface area (Å²) < 4.78 is 27.8. The lowest BCUT2D eigenvalue weighted by atomic mass is 9.89. The van der Waals surface area contributed by atoms with Crippen molar-refractivity contribution >= 4 is 34.7 Å². The van der Waals surface area contributed by atoms with Crippen molar-refractivity contribution in [3.63, 3.8) is 0 Å². The van der Waals surface area contributed by atoms with Crippen molar-refractivity contribution in [2.24, 2.45) is 0 Å². The zero-order valence-corrected chi connectivity index (χ0v) is 21.3. The molecule has 1 aliphatic rings. The van der Waals surface area contributed by atoms with Crippen LogP contribution < -0.4 is 28.7 Å². The van der Waals surface area contributed by atoms with Crippen LogP contribution in [0.4, 0.5) is 11.5 Å². The van der Waals surface area contributed by atoms with Gasteiger partial charge >= 0.3 is 10.8 Å². The molecule has 190 valence electrons. The van der Waals surface area contributed by atoms with Crippen molar-refractivity contribution in [1.82, 2.24) is 4.57 Å². The minimum atomic E-state index is -0.606. The van der Waals surface area contributed by atoms with Crippen molar-refractivity contribution in [2.75, 3.05) is 40.4 Å². The molecule has 0 fully saturated rings. The number of aromatic nitrogens is 1. The summed E-state index contributed by atoms with van der Waals surface area (Å²) in [5.74, 6) is 0.788. The Bertz CT molecular complexity index is 1340. The van der Waals surface area contributed by atoms with E-state index >= 15 is 0 Å². The van der Waals surface area contributed by atoms with Crippen molar-refractivity contribution in [2.45, 2.75) is 18.9 Å². The first kappa shape index (κ1) is 25.1. The van der Waals surface area contributed by atoms with Crippen LogP contribution in [0.5, 0.6) is 23.0 Å². The number of carbonyl (C=O) groups excluding carboxylic acids is 2. The molecular weight excluding hydrogens is 488 g/mol. The number of nitrogens with zero attached hydrogens (tertiary/aromatic N) is 2. The second-order valence-corrected chi connectivity index (χ2v) is 8.86. The highest BCUT2D eigenvalue weighted by Gasteiger charge is 2.39. The van der Waals surface area contributed by atoms with Crippen LogP contribution in [0.2, 0.25) is 0 Å². The van der Waals surface area contributed by atoms with Crippen LogP contribution in [-0.4, -0.2) is 52.0 Å². The molecule has 1 aromatic heterocycles. The molecule has 0 N–H and O–H groups in total. The number of methoxy groups -OCH3 is 5. The average molecular weight is 515 g/mol. The monoisotopic (exact) mass is 514 g/mol. The zero-order valence-electron chi connectivity index (χ0n) is 20.5. The van der Waals surface area contributed by atoms with E-state index < -0.39 is 11.9 Å². The highest BCUT2D eigenvalue weighted by molar-refractivity contribution is 7.10. The summed E-state index contributed by atoms with van der Waals surface area (Å²) in [5.41, 5.74) is 1.22. The topological polar surface area (TPSA) is 106 Å². The summed E-state index contributed by atoms with van der Waals surface area (Å²) in [5, 5.41) is 0. The van der Waals surface area contributed by atoms with Crippen LogP contribution in [-0.2, 0) is 20.9 Å². The highest BCUT2D eigenvalue weighted by atomic mass is 32.1. The number of fused-ring (bicyclic) bond motifs is 1. The molecule has 2 aromatic carbocycles. The van der Waals surface area contributed by atoms with Gasteiger partial charge in [0.2, 0.25) is 11.7 Å². The summed E-state index contributed by atoms with van der Waals surface area (Å²) in [6.45, 7) is -0.336. The summed E-state index contributed by atoms with van der Waals surface area (Å²) >= 11 is 0.981. The van der Waals surface area contributed by atoms with Crippen LogP contribution in [0, 0.1) is 0 Å². The van der Waals surface area contributed by atoms with Gasteiger partial charge in [0.05, 0.1) is 46.1 Å². The van der Waals surface area contributed by atoms with Crippen molar-refractivity contribution in [1.29, 1.82) is 0 Å². The summed E-state index contributed by atoms with van der Waals surface area (Å²) in [7, 11) is 7.30. The van der Waals surface area contributed by atoms with E-state index in [1.807, 2.05) is 0 Å². The normalized spacial score (nSPS) is 14.8. The van der Waals surface area contributed by atoms with Crippen LogP contribution >= 0.6 is 11.3 Å². The molecular formula is C25H26N2O8S. The molecule has 3 aromatic rings. The zero-order chi connectivity index (χ0) is 26.0. The van der Waals surface area contributed by atoms with E-state index in [9.17, 15) is 14.4 Å². The third kappa shape index (κ3) is 4.37. The van der Waals surface area contributed by atoms with Gasteiger partial charge in [0.25, 0.3) is 0 Å². The number of rotatable bonds is 8. The maximum atomic E-state index is 13.7. The van der Waals surface area contributed by atoms with E-state index in [1.54, 1.807) is 36.4 Å². The van der Waals surface area contributed by atoms with Gasteiger partial charge in [-0.2, -0.15) is 0 Å². The third-order valence-electron chi connectivity index (χ3n) is 5.97. The first-order chi connectivity index (χ1) is 17.4. The van der Waals surface area contributed by atoms with Gasteiger partial charge in [-0.3, -0.25) is 23.9 Å². The van der Waals surface area contributed by atoms with Gasteiger partial charge in [-0.1, -0.05) is 17.4 Å². The number of carbonyl (C=O) groups is 2. The number of hydrogen-bond acceptors (Lipinski definition) is 9. The first-order valence-corrected chi connectivity index (χ1v) is 11.8. The number of hydrogen-bond donors (Lipinski definition) is 0. The Labute approximate surface area is 211 Å². The molecule has 0 saturated carbocycles. The summed E-state index contributed by atoms with van der Waals surface area (Å²) in [6.07, 6.45) is 0.0705. The van der Waals surface area contributed by atoms with Crippen molar-refractivity contribution < 1.29 is 33.3 Å². The second kappa shape index (κ2) is 10.3. The predicted octanol–water partition coefficient (Wildman–Crippen LogP) is 3.32. The number of esters is 1. The van der Waals surface area contributed by atoms with Crippen molar-refractivity contribution in [3.8, 4) is 23.0 Å². The van der Waals surface area contributed by atoms with Gasteiger partial charge in [0, 0.05) is 18.4 Å². The molecule has 0 radical (unpaired) electrons. The molecule has 2 heterocycles. The maximum Gasteiger partial charge on any atom is 0.325 e.